The van der Waals surface area contributed by atoms with Crippen molar-refractivity contribution < 1.29 is 26.7 Å². The fourth-order valence-corrected chi connectivity index (χ4v) is 4.17. The van der Waals surface area contributed by atoms with Crippen LogP contribution in [0.3, 0.4) is 0 Å². The van der Waals surface area contributed by atoms with Crippen LogP contribution in [0.5, 0.6) is 0 Å². The van der Waals surface area contributed by atoms with E-state index in [9.17, 15) is 26.7 Å². The minimum Gasteiger partial charge on any atom is -0.369 e. The lowest BCUT2D eigenvalue weighted by Crippen LogP contribution is -2.36. The lowest BCUT2D eigenvalue weighted by Gasteiger charge is -2.27. The van der Waals surface area contributed by atoms with E-state index in [-0.39, 0.29) is 35.4 Å². The van der Waals surface area contributed by atoms with Crippen LogP contribution in [-0.4, -0.2) is 36.1 Å². The number of pyridine rings is 1. The number of amides is 1. The van der Waals surface area contributed by atoms with E-state index in [0.717, 1.165) is 31.2 Å². The highest BCUT2D eigenvalue weighted by molar-refractivity contribution is 6.04. The first-order valence-electron chi connectivity index (χ1n) is 10.4. The number of anilines is 1. The van der Waals surface area contributed by atoms with Gasteiger partial charge in [0, 0.05) is 43.0 Å². The van der Waals surface area contributed by atoms with Gasteiger partial charge in [-0.1, -0.05) is 0 Å². The predicted molar refractivity (Wildman–Crippen MR) is 109 cm³/mol. The molecule has 32 heavy (non-hydrogen) atoms. The molecule has 1 saturated carbocycles. The number of hydrogen-bond donors (Lipinski definition) is 2. The first-order chi connectivity index (χ1) is 15.0. The standard InChI is InChI=1S/C22H23F5N4O/c1-11(12-2-3-12)30-21(32)17-9-29-20(22(25,26)27)18(13-6-14(23)8-15(24)7-13)19(17)31-5-4-16(28)10-31/h6-9,11-12,16H,2-5,10,28H2,1H3,(H,30,32)/t11?,16-/m0/s1. The number of halogens is 5. The fourth-order valence-electron chi connectivity index (χ4n) is 4.17. The summed E-state index contributed by atoms with van der Waals surface area (Å²) >= 11 is 0. The molecule has 2 heterocycles. The van der Waals surface area contributed by atoms with Gasteiger partial charge in [0.25, 0.3) is 5.91 Å². The van der Waals surface area contributed by atoms with Gasteiger partial charge in [-0.25, -0.2) is 8.78 Å². The molecule has 2 aromatic rings. The number of aromatic nitrogens is 1. The molecule has 1 aliphatic carbocycles. The molecule has 0 bridgehead atoms. The molecular formula is C22H23F5N4O. The van der Waals surface area contributed by atoms with Gasteiger partial charge >= 0.3 is 6.18 Å². The summed E-state index contributed by atoms with van der Waals surface area (Å²) in [5.41, 5.74) is 3.64. The predicted octanol–water partition coefficient (Wildman–Crippen LogP) is 4.11. The molecule has 1 saturated heterocycles. The van der Waals surface area contributed by atoms with Crippen molar-refractivity contribution in [3.8, 4) is 11.1 Å². The van der Waals surface area contributed by atoms with Gasteiger partial charge in [0.15, 0.2) is 5.69 Å². The van der Waals surface area contributed by atoms with Crippen LogP contribution >= 0.6 is 0 Å². The van der Waals surface area contributed by atoms with Crippen LogP contribution in [0.25, 0.3) is 11.1 Å². The molecular weight excluding hydrogens is 431 g/mol. The zero-order valence-electron chi connectivity index (χ0n) is 17.3. The molecule has 5 nitrogen and oxygen atoms in total. The third-order valence-electron chi connectivity index (χ3n) is 5.94. The third kappa shape index (κ3) is 4.55. The molecule has 1 unspecified atom stereocenters. The molecule has 1 amide bonds. The molecule has 0 spiro atoms. The van der Waals surface area contributed by atoms with Crippen LogP contribution in [0, 0.1) is 17.6 Å². The number of hydrogen-bond acceptors (Lipinski definition) is 4. The Morgan fingerprint density at radius 1 is 1.19 bits per heavy atom. The molecule has 10 heteroatoms. The molecule has 1 aliphatic heterocycles. The monoisotopic (exact) mass is 454 g/mol. The van der Waals surface area contributed by atoms with Crippen molar-refractivity contribution in [3.05, 3.63) is 47.3 Å². The highest BCUT2D eigenvalue weighted by Crippen LogP contribution is 2.44. The van der Waals surface area contributed by atoms with Crippen molar-refractivity contribution in [2.45, 2.75) is 44.4 Å². The Morgan fingerprint density at radius 3 is 2.38 bits per heavy atom. The summed E-state index contributed by atoms with van der Waals surface area (Å²) < 4.78 is 69.8. The van der Waals surface area contributed by atoms with E-state index in [1.165, 1.54) is 0 Å². The van der Waals surface area contributed by atoms with E-state index in [1.54, 1.807) is 4.90 Å². The summed E-state index contributed by atoms with van der Waals surface area (Å²) in [4.78, 5) is 18.2. The van der Waals surface area contributed by atoms with Gasteiger partial charge in [-0.15, -0.1) is 0 Å². The maximum atomic E-state index is 14.0. The van der Waals surface area contributed by atoms with Crippen LogP contribution in [0.1, 0.15) is 42.2 Å². The van der Waals surface area contributed by atoms with E-state index in [0.29, 0.717) is 24.9 Å². The number of nitrogens with zero attached hydrogens (tertiary/aromatic N) is 2. The van der Waals surface area contributed by atoms with Gasteiger partial charge in [-0.05, 0) is 49.8 Å². The minimum atomic E-state index is -4.91. The number of alkyl halides is 3. The lowest BCUT2D eigenvalue weighted by molar-refractivity contribution is -0.140. The zero-order chi connectivity index (χ0) is 23.2. The normalized spacial score (nSPS) is 19.8. The van der Waals surface area contributed by atoms with Crippen LogP contribution in [0.4, 0.5) is 27.6 Å². The van der Waals surface area contributed by atoms with Crippen molar-refractivity contribution in [2.24, 2.45) is 11.7 Å². The summed E-state index contributed by atoms with van der Waals surface area (Å²) in [5, 5.41) is 2.83. The summed E-state index contributed by atoms with van der Waals surface area (Å²) in [6.07, 6.45) is -1.59. The van der Waals surface area contributed by atoms with Crippen LogP contribution in [0.2, 0.25) is 0 Å². The second-order valence-corrected chi connectivity index (χ2v) is 8.49. The van der Waals surface area contributed by atoms with E-state index in [1.807, 2.05) is 6.92 Å². The molecule has 1 aromatic heterocycles. The summed E-state index contributed by atoms with van der Waals surface area (Å²) in [7, 11) is 0. The van der Waals surface area contributed by atoms with E-state index < -0.39 is 35.0 Å². The van der Waals surface area contributed by atoms with Gasteiger partial charge < -0.3 is 16.0 Å². The number of carbonyl (C=O) groups excluding carboxylic acids is 1. The van der Waals surface area contributed by atoms with Crippen LogP contribution in [0.15, 0.2) is 24.4 Å². The average molecular weight is 454 g/mol. The third-order valence-corrected chi connectivity index (χ3v) is 5.94. The maximum absolute atomic E-state index is 14.0. The van der Waals surface area contributed by atoms with Crippen molar-refractivity contribution in [1.29, 1.82) is 0 Å². The Bertz CT molecular complexity index is 1020. The van der Waals surface area contributed by atoms with Gasteiger partial charge in [0.05, 0.1) is 11.3 Å². The largest absolute Gasteiger partial charge is 0.434 e. The van der Waals surface area contributed by atoms with Crippen LogP contribution < -0.4 is 16.0 Å². The van der Waals surface area contributed by atoms with Gasteiger partial charge in [-0.3, -0.25) is 9.78 Å². The lowest BCUT2D eigenvalue weighted by atomic mass is 9.97. The Labute approximate surface area is 181 Å². The van der Waals surface area contributed by atoms with Crippen molar-refractivity contribution in [2.75, 3.05) is 18.0 Å². The Balaban J connectivity index is 1.93. The van der Waals surface area contributed by atoms with Gasteiger partial charge in [0.1, 0.15) is 11.6 Å². The smallest absolute Gasteiger partial charge is 0.369 e. The summed E-state index contributed by atoms with van der Waals surface area (Å²) in [6, 6.07) is 1.72. The van der Waals surface area contributed by atoms with Gasteiger partial charge in [0.2, 0.25) is 0 Å². The van der Waals surface area contributed by atoms with Crippen molar-refractivity contribution in [1.82, 2.24) is 10.3 Å². The highest BCUT2D eigenvalue weighted by atomic mass is 19.4. The summed E-state index contributed by atoms with van der Waals surface area (Å²) in [6.45, 7) is 2.33. The van der Waals surface area contributed by atoms with Crippen LogP contribution in [-0.2, 0) is 6.18 Å². The second kappa shape index (κ2) is 8.31. The molecule has 2 atom stereocenters. The molecule has 2 fully saturated rings. The minimum absolute atomic E-state index is 0.0641. The second-order valence-electron chi connectivity index (χ2n) is 8.49. The van der Waals surface area contributed by atoms with Gasteiger partial charge in [-0.2, -0.15) is 13.2 Å². The zero-order valence-corrected chi connectivity index (χ0v) is 17.3. The maximum Gasteiger partial charge on any atom is 0.434 e. The number of carbonyl (C=O) groups is 1. The Morgan fingerprint density at radius 2 is 1.84 bits per heavy atom. The van der Waals surface area contributed by atoms with E-state index in [4.69, 9.17) is 5.73 Å². The number of benzene rings is 1. The highest BCUT2D eigenvalue weighted by Gasteiger charge is 2.40. The first kappa shape index (κ1) is 22.4. The molecule has 4 rings (SSSR count). The topological polar surface area (TPSA) is 71.2 Å². The molecule has 0 radical (unpaired) electrons. The van der Waals surface area contributed by atoms with E-state index >= 15 is 0 Å². The number of nitrogens with two attached hydrogens (primary N) is 1. The fraction of sp³-hybridized carbons (Fsp3) is 0.455. The molecule has 2 aliphatic rings. The quantitative estimate of drug-likeness (QED) is 0.667. The Kier molecular flexibility index (Phi) is 5.83. The average Bonchev–Trinajstić information content (AvgIpc) is 3.46. The SMILES string of the molecule is CC(NC(=O)c1cnc(C(F)(F)F)c(-c2cc(F)cc(F)c2)c1N1CC[C@H](N)C1)C1CC1. The van der Waals surface area contributed by atoms with Crippen molar-refractivity contribution >= 4 is 11.6 Å². The number of nitrogens with one attached hydrogen (secondary N) is 1. The number of rotatable bonds is 5. The Hall–Kier alpha value is -2.75. The summed E-state index contributed by atoms with van der Waals surface area (Å²) in [5.74, 6) is -2.33. The first-order valence-corrected chi connectivity index (χ1v) is 10.4. The molecule has 172 valence electrons. The molecule has 3 N–H and O–H groups in total. The molecule has 1 aromatic carbocycles. The van der Waals surface area contributed by atoms with Crippen molar-refractivity contribution in [3.63, 3.8) is 0 Å². The van der Waals surface area contributed by atoms with E-state index in [2.05, 4.69) is 10.3 Å².